The second kappa shape index (κ2) is 2.91. The Kier molecular flexibility index (Phi) is 1.85. The summed E-state index contributed by atoms with van der Waals surface area (Å²) in [5, 5.41) is 2.42. The van der Waals surface area contributed by atoms with E-state index in [9.17, 15) is 13.6 Å². The Hall–Kier alpha value is -1.69. The van der Waals surface area contributed by atoms with E-state index in [1.807, 2.05) is 0 Å². The Balaban J connectivity index is 2.62. The van der Waals surface area contributed by atoms with Crippen LogP contribution in [0.1, 0.15) is 10.4 Å². The Labute approximate surface area is 77.7 Å². The minimum atomic E-state index is -0.983. The van der Waals surface area contributed by atoms with E-state index in [1.54, 1.807) is 0 Å². The molecule has 2 rings (SSSR count). The van der Waals surface area contributed by atoms with Crippen LogP contribution in [0.4, 0.5) is 14.5 Å². The molecule has 1 heterocycles. The topological polar surface area (TPSA) is 64.3 Å². The van der Waals surface area contributed by atoms with Crippen molar-refractivity contribution >= 4 is 12.0 Å². The van der Waals surface area contributed by atoms with Gasteiger partial charge in [-0.25, -0.2) is 8.78 Å². The molecular formula is C8H6F2N2O2. The Morgan fingerprint density at radius 2 is 2.29 bits per heavy atom. The van der Waals surface area contributed by atoms with Gasteiger partial charge in [-0.3, -0.25) is 10.5 Å². The molecule has 1 unspecified atom stereocenters. The SMILES string of the molecule is NC1Nc2c(cc(F)c(C=O)c2F)O1. The first-order valence-electron chi connectivity index (χ1n) is 3.79. The summed E-state index contributed by atoms with van der Waals surface area (Å²) in [6.07, 6.45) is -0.808. The van der Waals surface area contributed by atoms with Crippen molar-refractivity contribution in [2.75, 3.05) is 5.32 Å². The third kappa shape index (κ3) is 1.12. The third-order valence-electron chi connectivity index (χ3n) is 1.88. The number of carbonyl (C=O) groups is 1. The van der Waals surface area contributed by atoms with Gasteiger partial charge in [0.25, 0.3) is 0 Å². The lowest BCUT2D eigenvalue weighted by Gasteiger charge is -2.01. The van der Waals surface area contributed by atoms with Crippen molar-refractivity contribution in [3.8, 4) is 5.75 Å². The number of rotatable bonds is 1. The highest BCUT2D eigenvalue weighted by Gasteiger charge is 2.26. The number of ether oxygens (including phenoxy) is 1. The van der Waals surface area contributed by atoms with Crippen molar-refractivity contribution in [1.82, 2.24) is 0 Å². The molecule has 14 heavy (non-hydrogen) atoms. The van der Waals surface area contributed by atoms with E-state index in [4.69, 9.17) is 10.5 Å². The molecular weight excluding hydrogens is 194 g/mol. The normalized spacial score (nSPS) is 18.4. The molecule has 1 atom stereocenters. The molecule has 0 spiro atoms. The fourth-order valence-corrected chi connectivity index (χ4v) is 1.26. The van der Waals surface area contributed by atoms with Gasteiger partial charge in [0, 0.05) is 6.07 Å². The number of nitrogens with one attached hydrogen (secondary N) is 1. The maximum absolute atomic E-state index is 13.3. The number of aldehydes is 1. The van der Waals surface area contributed by atoms with Gasteiger partial charge in [0.05, 0.1) is 5.56 Å². The molecule has 0 amide bonds. The summed E-state index contributed by atoms with van der Waals surface area (Å²) in [5.41, 5.74) is 4.57. The molecule has 1 aliphatic rings. The molecule has 4 nitrogen and oxygen atoms in total. The molecule has 0 aliphatic carbocycles. The van der Waals surface area contributed by atoms with Crippen molar-refractivity contribution in [2.45, 2.75) is 6.35 Å². The first-order valence-corrected chi connectivity index (χ1v) is 3.79. The zero-order valence-corrected chi connectivity index (χ0v) is 6.88. The lowest BCUT2D eigenvalue weighted by atomic mass is 10.2. The number of fused-ring (bicyclic) bond motifs is 1. The predicted molar refractivity (Wildman–Crippen MR) is 44.0 cm³/mol. The van der Waals surface area contributed by atoms with Crippen LogP contribution in [0.3, 0.4) is 0 Å². The molecule has 6 heteroatoms. The monoisotopic (exact) mass is 200 g/mol. The van der Waals surface area contributed by atoms with Crippen LogP contribution in [0, 0.1) is 11.6 Å². The van der Waals surface area contributed by atoms with E-state index >= 15 is 0 Å². The summed E-state index contributed by atoms with van der Waals surface area (Å²) in [5.74, 6) is -1.98. The molecule has 74 valence electrons. The lowest BCUT2D eigenvalue weighted by Crippen LogP contribution is -2.30. The van der Waals surface area contributed by atoms with Gasteiger partial charge in [-0.1, -0.05) is 0 Å². The Morgan fingerprint density at radius 3 is 2.93 bits per heavy atom. The molecule has 1 aromatic rings. The van der Waals surface area contributed by atoms with Crippen LogP contribution >= 0.6 is 0 Å². The van der Waals surface area contributed by atoms with Gasteiger partial charge in [-0.15, -0.1) is 0 Å². The molecule has 0 radical (unpaired) electrons. The Bertz CT molecular complexity index is 409. The van der Waals surface area contributed by atoms with E-state index < -0.39 is 23.5 Å². The van der Waals surface area contributed by atoms with Crippen LogP contribution in [0.5, 0.6) is 5.75 Å². The zero-order valence-electron chi connectivity index (χ0n) is 6.88. The van der Waals surface area contributed by atoms with E-state index in [2.05, 4.69) is 5.32 Å². The number of hydrogen-bond acceptors (Lipinski definition) is 4. The summed E-state index contributed by atoms with van der Waals surface area (Å²) in [4.78, 5) is 10.3. The van der Waals surface area contributed by atoms with Crippen LogP contribution in [-0.4, -0.2) is 12.6 Å². The predicted octanol–water partition coefficient (Wildman–Crippen LogP) is 0.824. The van der Waals surface area contributed by atoms with Gasteiger partial charge in [0.2, 0.25) is 6.35 Å². The standard InChI is InChI=1S/C8H6F2N2O2/c9-4-1-5-7(12-8(11)14-5)6(10)3(4)2-13/h1-2,8,12H,11H2. The van der Waals surface area contributed by atoms with Gasteiger partial charge in [-0.2, -0.15) is 0 Å². The molecule has 0 fully saturated rings. The number of carbonyl (C=O) groups excluding carboxylic acids is 1. The molecule has 0 saturated heterocycles. The zero-order chi connectivity index (χ0) is 10.3. The van der Waals surface area contributed by atoms with E-state index in [0.29, 0.717) is 0 Å². The van der Waals surface area contributed by atoms with Crippen molar-refractivity contribution in [3.05, 3.63) is 23.3 Å². The van der Waals surface area contributed by atoms with Crippen LogP contribution in [0.2, 0.25) is 0 Å². The summed E-state index contributed by atoms with van der Waals surface area (Å²) in [7, 11) is 0. The van der Waals surface area contributed by atoms with Gasteiger partial charge in [0.15, 0.2) is 17.9 Å². The quantitative estimate of drug-likeness (QED) is 0.659. The highest BCUT2D eigenvalue weighted by atomic mass is 19.1. The van der Waals surface area contributed by atoms with E-state index in [1.165, 1.54) is 0 Å². The molecule has 1 aromatic carbocycles. The van der Waals surface area contributed by atoms with E-state index in [-0.39, 0.29) is 17.7 Å². The average molecular weight is 200 g/mol. The smallest absolute Gasteiger partial charge is 0.225 e. The highest BCUT2D eigenvalue weighted by Crippen LogP contribution is 2.35. The van der Waals surface area contributed by atoms with Gasteiger partial charge in [-0.05, 0) is 0 Å². The maximum Gasteiger partial charge on any atom is 0.225 e. The highest BCUT2D eigenvalue weighted by molar-refractivity contribution is 5.80. The Morgan fingerprint density at radius 1 is 1.57 bits per heavy atom. The van der Waals surface area contributed by atoms with Gasteiger partial charge < -0.3 is 10.1 Å². The van der Waals surface area contributed by atoms with Crippen molar-refractivity contribution in [3.63, 3.8) is 0 Å². The summed E-state index contributed by atoms with van der Waals surface area (Å²) < 4.78 is 31.2. The number of nitrogens with two attached hydrogens (primary N) is 1. The number of hydrogen-bond donors (Lipinski definition) is 2. The van der Waals surface area contributed by atoms with Crippen molar-refractivity contribution in [1.29, 1.82) is 0 Å². The van der Waals surface area contributed by atoms with Gasteiger partial charge >= 0.3 is 0 Å². The first kappa shape index (κ1) is 8.89. The number of halogens is 2. The van der Waals surface area contributed by atoms with Crippen LogP contribution in [0.25, 0.3) is 0 Å². The molecule has 0 saturated carbocycles. The van der Waals surface area contributed by atoms with Crippen LogP contribution in [0.15, 0.2) is 6.07 Å². The molecule has 0 bridgehead atoms. The van der Waals surface area contributed by atoms with Crippen LogP contribution < -0.4 is 15.8 Å². The fourth-order valence-electron chi connectivity index (χ4n) is 1.26. The fraction of sp³-hybridized carbons (Fsp3) is 0.125. The first-order chi connectivity index (χ1) is 6.63. The molecule has 0 aromatic heterocycles. The minimum absolute atomic E-state index is 0.0295. The molecule has 1 aliphatic heterocycles. The number of benzene rings is 1. The minimum Gasteiger partial charge on any atom is -0.455 e. The second-order valence-corrected chi connectivity index (χ2v) is 2.76. The van der Waals surface area contributed by atoms with Crippen molar-refractivity contribution in [2.24, 2.45) is 5.73 Å². The maximum atomic E-state index is 13.3. The van der Waals surface area contributed by atoms with Crippen molar-refractivity contribution < 1.29 is 18.3 Å². The summed E-state index contributed by atoms with van der Waals surface area (Å²) >= 11 is 0. The van der Waals surface area contributed by atoms with E-state index in [0.717, 1.165) is 6.07 Å². The molecule has 3 N–H and O–H groups in total. The average Bonchev–Trinajstić information content (AvgIpc) is 2.47. The summed E-state index contributed by atoms with van der Waals surface area (Å²) in [6, 6.07) is 0.919. The lowest BCUT2D eigenvalue weighted by molar-refractivity contribution is 0.111. The number of anilines is 1. The second-order valence-electron chi connectivity index (χ2n) is 2.76. The largest absolute Gasteiger partial charge is 0.455 e. The van der Waals surface area contributed by atoms with Crippen LogP contribution in [-0.2, 0) is 0 Å². The summed E-state index contributed by atoms with van der Waals surface area (Å²) in [6.45, 7) is 0. The van der Waals surface area contributed by atoms with Gasteiger partial charge in [0.1, 0.15) is 11.5 Å². The third-order valence-corrected chi connectivity index (χ3v) is 1.88.